The number of aliphatic hydroxyl groups is 2. The van der Waals surface area contributed by atoms with E-state index in [1.165, 1.54) is 0 Å². The van der Waals surface area contributed by atoms with Gasteiger partial charge >= 0.3 is 0 Å². The van der Waals surface area contributed by atoms with Gasteiger partial charge in [-0.15, -0.1) is 0 Å². The van der Waals surface area contributed by atoms with Crippen molar-refractivity contribution in [3.8, 4) is 0 Å². The van der Waals surface area contributed by atoms with Crippen LogP contribution in [0.15, 0.2) is 46.7 Å². The van der Waals surface area contributed by atoms with Crippen LogP contribution in [0, 0.1) is 0 Å². The van der Waals surface area contributed by atoms with Crippen molar-refractivity contribution in [2.75, 3.05) is 65.5 Å². The molecule has 3 rings (SSSR count). The van der Waals surface area contributed by atoms with Gasteiger partial charge in [-0.2, -0.15) is 0 Å². The topological polar surface area (TPSA) is 79.6 Å². The summed E-state index contributed by atoms with van der Waals surface area (Å²) in [5.74, 6) is 0.0228. The fourth-order valence-electron chi connectivity index (χ4n) is 3.63. The lowest BCUT2D eigenvalue weighted by atomic mass is 10.1. The first-order valence-corrected chi connectivity index (χ1v) is 9.92. The lowest BCUT2D eigenvalue weighted by molar-refractivity contribution is -0.117. The minimum atomic E-state index is -0.0824. The summed E-state index contributed by atoms with van der Waals surface area (Å²) in [4.78, 5) is 23.3. The third kappa shape index (κ3) is 5.97. The quantitative estimate of drug-likeness (QED) is 0.636. The van der Waals surface area contributed by atoms with E-state index in [-0.39, 0.29) is 18.1 Å². The van der Waals surface area contributed by atoms with Crippen LogP contribution in [-0.4, -0.2) is 102 Å². The van der Waals surface area contributed by atoms with Gasteiger partial charge in [-0.25, -0.2) is 0 Å². The van der Waals surface area contributed by atoms with E-state index < -0.39 is 0 Å². The summed E-state index contributed by atoms with van der Waals surface area (Å²) < 4.78 is 0. The molecule has 28 heavy (non-hydrogen) atoms. The Balaban J connectivity index is 1.44. The Morgan fingerprint density at radius 3 is 2.29 bits per heavy atom. The van der Waals surface area contributed by atoms with Crippen LogP contribution >= 0.6 is 0 Å². The van der Waals surface area contributed by atoms with Crippen molar-refractivity contribution >= 4 is 12.0 Å². The van der Waals surface area contributed by atoms with E-state index in [0.29, 0.717) is 31.8 Å². The van der Waals surface area contributed by atoms with Gasteiger partial charge in [-0.1, -0.05) is 30.3 Å². The highest BCUT2D eigenvalue weighted by Gasteiger charge is 2.24. The number of Topliss-reactive ketones (excluding diaryl/α,β-unsaturated/α-hetero) is 1. The van der Waals surface area contributed by atoms with Crippen molar-refractivity contribution in [3.63, 3.8) is 0 Å². The zero-order chi connectivity index (χ0) is 19.8. The van der Waals surface area contributed by atoms with Crippen molar-refractivity contribution in [1.29, 1.82) is 0 Å². The zero-order valence-electron chi connectivity index (χ0n) is 16.3. The molecular weight excluding hydrogens is 356 g/mol. The highest BCUT2D eigenvalue weighted by molar-refractivity contribution is 6.15. The Morgan fingerprint density at radius 1 is 0.964 bits per heavy atom. The summed E-state index contributed by atoms with van der Waals surface area (Å²) >= 11 is 0. The maximum Gasteiger partial charge on any atom is 0.181 e. The third-order valence-electron chi connectivity index (χ3n) is 5.25. The monoisotopic (exact) mass is 386 g/mol. The molecule has 2 heterocycles. The van der Waals surface area contributed by atoms with Gasteiger partial charge in [0.15, 0.2) is 5.78 Å². The van der Waals surface area contributed by atoms with Crippen LogP contribution in [0.1, 0.15) is 5.56 Å². The standard InChI is InChI=1S/C21H30N4O3/c26-13-12-24-10-8-23(9-11-24)7-6-22-14-19-20(27)16-25(17-21(19)28)15-18-4-2-1-3-5-18/h1-5,14,26-27H,6-13,15-17H2. The second-order valence-corrected chi connectivity index (χ2v) is 7.36. The SMILES string of the molecule is O=C1CN(Cc2ccccc2)CC(O)=C1C=NCCN1CCN(CCO)CC1. The molecule has 7 heteroatoms. The summed E-state index contributed by atoms with van der Waals surface area (Å²) in [6.07, 6.45) is 1.54. The molecule has 0 saturated carbocycles. The number of benzene rings is 1. The van der Waals surface area contributed by atoms with Crippen LogP contribution in [0.5, 0.6) is 0 Å². The number of aliphatic imine (C=N–C) groups is 1. The summed E-state index contributed by atoms with van der Waals surface area (Å²) in [7, 11) is 0. The number of piperazine rings is 1. The number of nitrogens with zero attached hydrogens (tertiary/aromatic N) is 4. The van der Waals surface area contributed by atoms with Crippen LogP contribution in [0.25, 0.3) is 0 Å². The van der Waals surface area contributed by atoms with Crippen molar-refractivity contribution in [3.05, 3.63) is 47.2 Å². The van der Waals surface area contributed by atoms with Gasteiger partial charge in [-0.05, 0) is 5.56 Å². The number of carbonyl (C=O) groups excluding carboxylic acids is 1. The zero-order valence-corrected chi connectivity index (χ0v) is 16.3. The summed E-state index contributed by atoms with van der Waals surface area (Å²) in [6.45, 7) is 7.57. The fraction of sp³-hybridized carbons (Fsp3) is 0.524. The molecule has 7 nitrogen and oxygen atoms in total. The molecule has 1 saturated heterocycles. The Bertz CT molecular complexity index is 697. The Morgan fingerprint density at radius 2 is 1.64 bits per heavy atom. The molecule has 2 aliphatic heterocycles. The van der Waals surface area contributed by atoms with E-state index >= 15 is 0 Å². The molecule has 0 atom stereocenters. The molecule has 0 aromatic heterocycles. The lowest BCUT2D eigenvalue weighted by Gasteiger charge is -2.33. The molecule has 1 aromatic rings. The van der Waals surface area contributed by atoms with Crippen molar-refractivity contribution in [1.82, 2.24) is 14.7 Å². The van der Waals surface area contributed by atoms with Gasteiger partial charge in [0.2, 0.25) is 0 Å². The number of rotatable bonds is 8. The van der Waals surface area contributed by atoms with Gasteiger partial charge in [-0.3, -0.25) is 24.5 Å². The normalized spacial score (nSPS) is 20.4. The van der Waals surface area contributed by atoms with Crippen LogP contribution in [-0.2, 0) is 11.3 Å². The molecule has 1 aromatic carbocycles. The van der Waals surface area contributed by atoms with Gasteiger partial charge in [0.25, 0.3) is 0 Å². The van der Waals surface area contributed by atoms with Gasteiger partial charge in [0, 0.05) is 52.0 Å². The number of carbonyl (C=O) groups is 1. The van der Waals surface area contributed by atoms with Crippen molar-refractivity contribution in [2.45, 2.75) is 6.54 Å². The van der Waals surface area contributed by atoms with E-state index in [9.17, 15) is 9.90 Å². The summed E-state index contributed by atoms with van der Waals surface area (Å²) in [5.41, 5.74) is 1.47. The molecule has 152 valence electrons. The summed E-state index contributed by atoms with van der Waals surface area (Å²) in [5, 5.41) is 19.3. The molecule has 2 N–H and O–H groups in total. The molecule has 0 aliphatic carbocycles. The first-order valence-electron chi connectivity index (χ1n) is 9.92. The molecule has 0 bridgehead atoms. The highest BCUT2D eigenvalue weighted by atomic mass is 16.3. The van der Waals surface area contributed by atoms with E-state index in [2.05, 4.69) is 14.8 Å². The van der Waals surface area contributed by atoms with E-state index in [1.807, 2.05) is 35.2 Å². The van der Waals surface area contributed by atoms with Gasteiger partial charge in [0.1, 0.15) is 5.76 Å². The molecule has 1 fully saturated rings. The van der Waals surface area contributed by atoms with Crippen LogP contribution in [0.4, 0.5) is 0 Å². The average molecular weight is 386 g/mol. The van der Waals surface area contributed by atoms with Crippen molar-refractivity contribution < 1.29 is 15.0 Å². The number of ketones is 1. The van der Waals surface area contributed by atoms with Crippen molar-refractivity contribution in [2.24, 2.45) is 4.99 Å². The third-order valence-corrected chi connectivity index (χ3v) is 5.25. The molecular formula is C21H30N4O3. The van der Waals surface area contributed by atoms with E-state index in [1.54, 1.807) is 6.21 Å². The molecule has 0 amide bonds. The second kappa shape index (κ2) is 10.5. The fourth-order valence-corrected chi connectivity index (χ4v) is 3.63. The van der Waals surface area contributed by atoms with Crippen LogP contribution in [0.3, 0.4) is 0 Å². The average Bonchev–Trinajstić information content (AvgIpc) is 2.69. The van der Waals surface area contributed by atoms with E-state index in [4.69, 9.17) is 5.11 Å². The summed E-state index contributed by atoms with van der Waals surface area (Å²) in [6, 6.07) is 9.95. The predicted molar refractivity (Wildman–Crippen MR) is 110 cm³/mol. The largest absolute Gasteiger partial charge is 0.510 e. The van der Waals surface area contributed by atoms with Crippen LogP contribution in [0.2, 0.25) is 0 Å². The minimum Gasteiger partial charge on any atom is -0.510 e. The van der Waals surface area contributed by atoms with Gasteiger partial charge in [0.05, 0.1) is 31.8 Å². The molecule has 0 radical (unpaired) electrons. The Labute approximate surface area is 166 Å². The molecule has 0 unspecified atom stereocenters. The highest BCUT2D eigenvalue weighted by Crippen LogP contribution is 2.15. The number of hydrogen-bond donors (Lipinski definition) is 2. The first kappa shape index (κ1) is 20.7. The maximum absolute atomic E-state index is 12.4. The van der Waals surface area contributed by atoms with E-state index in [0.717, 1.165) is 44.8 Å². The smallest absolute Gasteiger partial charge is 0.181 e. The molecule has 2 aliphatic rings. The Kier molecular flexibility index (Phi) is 7.73. The molecule has 0 spiro atoms. The predicted octanol–water partition coefficient (Wildman–Crippen LogP) is 0.564. The van der Waals surface area contributed by atoms with Crippen LogP contribution < -0.4 is 0 Å². The lowest BCUT2D eigenvalue weighted by Crippen LogP contribution is -2.47. The first-order chi connectivity index (χ1) is 13.7. The number of hydrogen-bond acceptors (Lipinski definition) is 7. The maximum atomic E-state index is 12.4. The minimum absolute atomic E-state index is 0.0824. The Hall–Kier alpha value is -2.06. The second-order valence-electron chi connectivity index (χ2n) is 7.36. The number of β-amino-alcohol motifs (C(OH)–C–C–N with tert-alkyl or cyclic N) is 1. The van der Waals surface area contributed by atoms with Gasteiger partial charge < -0.3 is 10.2 Å². The number of aliphatic hydroxyl groups excluding tert-OH is 2.